The van der Waals surface area contributed by atoms with Gasteiger partial charge in [0.05, 0.1) is 11.9 Å². The lowest BCUT2D eigenvalue weighted by molar-refractivity contribution is -0.133. The molecule has 11 heavy (non-hydrogen) atoms. The molecular formula is C5H5N3O2S. The van der Waals surface area contributed by atoms with Crippen LogP contribution >= 0.6 is 11.8 Å². The van der Waals surface area contributed by atoms with Crippen molar-refractivity contribution in [3.05, 3.63) is 12.3 Å². The SMILES string of the molecule is O=C(O)CSc1ccnnn1. The Labute approximate surface area is 66.8 Å². The molecular weight excluding hydrogens is 166 g/mol. The molecule has 0 saturated heterocycles. The number of aliphatic carboxylic acids is 1. The third-order valence-electron chi connectivity index (χ3n) is 0.822. The van der Waals surface area contributed by atoms with Crippen LogP contribution in [0.2, 0.25) is 0 Å². The molecule has 1 N–H and O–H groups in total. The highest BCUT2D eigenvalue weighted by atomic mass is 32.2. The van der Waals surface area contributed by atoms with Gasteiger partial charge in [0.15, 0.2) is 0 Å². The minimum atomic E-state index is -0.867. The molecule has 0 aliphatic rings. The summed E-state index contributed by atoms with van der Waals surface area (Å²) < 4.78 is 0. The van der Waals surface area contributed by atoms with Crippen LogP contribution in [0.4, 0.5) is 0 Å². The molecule has 1 aromatic rings. The van der Waals surface area contributed by atoms with Crippen molar-refractivity contribution >= 4 is 17.7 Å². The van der Waals surface area contributed by atoms with Crippen LogP contribution in [0.15, 0.2) is 17.3 Å². The maximum Gasteiger partial charge on any atom is 0.313 e. The molecule has 58 valence electrons. The number of carboxylic acids is 1. The Kier molecular flexibility index (Phi) is 2.79. The molecule has 0 spiro atoms. The Morgan fingerprint density at radius 1 is 1.73 bits per heavy atom. The van der Waals surface area contributed by atoms with Crippen LogP contribution in [0.25, 0.3) is 0 Å². The van der Waals surface area contributed by atoms with Crippen LogP contribution < -0.4 is 0 Å². The van der Waals surface area contributed by atoms with Crippen LogP contribution in [0.3, 0.4) is 0 Å². The van der Waals surface area contributed by atoms with E-state index in [1.54, 1.807) is 6.07 Å². The Balaban J connectivity index is 2.45. The zero-order valence-corrected chi connectivity index (χ0v) is 6.28. The Morgan fingerprint density at radius 2 is 2.55 bits per heavy atom. The molecule has 0 amide bonds. The zero-order chi connectivity index (χ0) is 8.10. The van der Waals surface area contributed by atoms with Crippen molar-refractivity contribution < 1.29 is 9.90 Å². The number of hydrogen-bond acceptors (Lipinski definition) is 5. The van der Waals surface area contributed by atoms with Crippen molar-refractivity contribution in [3.8, 4) is 0 Å². The first-order chi connectivity index (χ1) is 5.29. The molecule has 0 fully saturated rings. The molecule has 0 aliphatic heterocycles. The quantitative estimate of drug-likeness (QED) is 0.647. The van der Waals surface area contributed by atoms with Gasteiger partial charge in [-0.3, -0.25) is 4.79 Å². The molecule has 0 radical (unpaired) electrons. The summed E-state index contributed by atoms with van der Waals surface area (Å²) in [5.74, 6) is -0.868. The summed E-state index contributed by atoms with van der Waals surface area (Å²) >= 11 is 1.12. The zero-order valence-electron chi connectivity index (χ0n) is 5.47. The number of carbonyl (C=O) groups is 1. The fraction of sp³-hybridized carbons (Fsp3) is 0.200. The van der Waals surface area contributed by atoms with Crippen LogP contribution in [0.1, 0.15) is 0 Å². The standard InChI is InChI=1S/C5H5N3O2S/c9-5(10)3-11-4-1-2-6-8-7-4/h1-2H,3H2,(H,9,10). The molecule has 0 aliphatic carbocycles. The lowest BCUT2D eigenvalue weighted by Gasteiger charge is -1.92. The normalized spacial score (nSPS) is 9.45. The second-order valence-corrected chi connectivity index (χ2v) is 2.64. The topological polar surface area (TPSA) is 76.0 Å². The van der Waals surface area contributed by atoms with E-state index in [-0.39, 0.29) is 5.75 Å². The molecule has 1 heterocycles. The molecule has 0 atom stereocenters. The summed E-state index contributed by atoms with van der Waals surface area (Å²) in [5.41, 5.74) is 0. The molecule has 0 aromatic carbocycles. The van der Waals surface area contributed by atoms with Gasteiger partial charge in [0.25, 0.3) is 0 Å². The van der Waals surface area contributed by atoms with E-state index in [0.717, 1.165) is 11.8 Å². The summed E-state index contributed by atoms with van der Waals surface area (Å²) in [5, 5.41) is 19.3. The van der Waals surface area contributed by atoms with Crippen LogP contribution in [-0.4, -0.2) is 32.2 Å². The van der Waals surface area contributed by atoms with Gasteiger partial charge in [-0.1, -0.05) is 11.8 Å². The minimum absolute atomic E-state index is 0.00130. The molecule has 5 nitrogen and oxygen atoms in total. The molecule has 0 saturated carbocycles. The Bertz CT molecular complexity index is 241. The van der Waals surface area contributed by atoms with Crippen LogP contribution in [0, 0.1) is 0 Å². The predicted octanol–water partition coefficient (Wildman–Crippen LogP) is 0.0483. The van der Waals surface area contributed by atoms with Gasteiger partial charge in [-0.05, 0) is 11.3 Å². The van der Waals surface area contributed by atoms with Crippen molar-refractivity contribution in [2.75, 3.05) is 5.75 Å². The Morgan fingerprint density at radius 3 is 3.09 bits per heavy atom. The highest BCUT2D eigenvalue weighted by molar-refractivity contribution is 7.99. The van der Waals surface area contributed by atoms with Crippen molar-refractivity contribution in [1.82, 2.24) is 15.4 Å². The van der Waals surface area contributed by atoms with E-state index < -0.39 is 5.97 Å². The third-order valence-corrected chi connectivity index (χ3v) is 1.73. The lowest BCUT2D eigenvalue weighted by Crippen LogP contribution is -1.98. The van der Waals surface area contributed by atoms with E-state index in [2.05, 4.69) is 15.4 Å². The second kappa shape index (κ2) is 3.87. The van der Waals surface area contributed by atoms with Crippen molar-refractivity contribution in [2.24, 2.45) is 0 Å². The predicted molar refractivity (Wildman–Crippen MR) is 38.2 cm³/mol. The van der Waals surface area contributed by atoms with Crippen molar-refractivity contribution in [3.63, 3.8) is 0 Å². The number of aromatic nitrogens is 3. The largest absolute Gasteiger partial charge is 0.481 e. The van der Waals surface area contributed by atoms with Gasteiger partial charge in [-0.15, -0.1) is 10.2 Å². The highest BCUT2D eigenvalue weighted by Gasteiger charge is 1.99. The van der Waals surface area contributed by atoms with Gasteiger partial charge >= 0.3 is 5.97 Å². The molecule has 1 rings (SSSR count). The maximum atomic E-state index is 10.1. The lowest BCUT2D eigenvalue weighted by atomic mass is 10.7. The first-order valence-electron chi connectivity index (χ1n) is 2.78. The maximum absolute atomic E-state index is 10.1. The highest BCUT2D eigenvalue weighted by Crippen LogP contribution is 2.11. The van der Waals surface area contributed by atoms with Gasteiger partial charge in [-0.2, -0.15) is 0 Å². The number of hydrogen-bond donors (Lipinski definition) is 1. The van der Waals surface area contributed by atoms with E-state index >= 15 is 0 Å². The van der Waals surface area contributed by atoms with Crippen molar-refractivity contribution in [1.29, 1.82) is 0 Å². The number of thioether (sulfide) groups is 1. The Hall–Kier alpha value is -1.17. The fourth-order valence-corrected chi connectivity index (χ4v) is 0.965. The molecule has 6 heteroatoms. The molecule has 1 aromatic heterocycles. The third kappa shape index (κ3) is 2.94. The van der Waals surface area contributed by atoms with Crippen LogP contribution in [0.5, 0.6) is 0 Å². The fourth-order valence-electron chi connectivity index (χ4n) is 0.443. The molecule has 0 unspecified atom stereocenters. The summed E-state index contributed by atoms with van der Waals surface area (Å²) in [7, 11) is 0. The van der Waals surface area contributed by atoms with Gasteiger partial charge in [0.1, 0.15) is 5.03 Å². The first kappa shape index (κ1) is 7.93. The number of carboxylic acid groups (broad SMARTS) is 1. The van der Waals surface area contributed by atoms with E-state index in [0.29, 0.717) is 5.03 Å². The van der Waals surface area contributed by atoms with E-state index in [4.69, 9.17) is 5.11 Å². The smallest absolute Gasteiger partial charge is 0.313 e. The van der Waals surface area contributed by atoms with E-state index in [1.807, 2.05) is 0 Å². The summed E-state index contributed by atoms with van der Waals surface area (Å²) in [6, 6.07) is 1.61. The minimum Gasteiger partial charge on any atom is -0.481 e. The van der Waals surface area contributed by atoms with Gasteiger partial charge < -0.3 is 5.11 Å². The summed E-state index contributed by atoms with van der Waals surface area (Å²) in [6.45, 7) is 0. The first-order valence-corrected chi connectivity index (χ1v) is 3.76. The van der Waals surface area contributed by atoms with Crippen LogP contribution in [-0.2, 0) is 4.79 Å². The van der Waals surface area contributed by atoms with Gasteiger partial charge in [-0.25, -0.2) is 0 Å². The number of nitrogens with zero attached hydrogens (tertiary/aromatic N) is 3. The monoisotopic (exact) mass is 171 g/mol. The van der Waals surface area contributed by atoms with E-state index in [9.17, 15) is 4.79 Å². The average molecular weight is 171 g/mol. The second-order valence-electron chi connectivity index (χ2n) is 1.64. The number of rotatable bonds is 3. The van der Waals surface area contributed by atoms with Crippen molar-refractivity contribution in [2.45, 2.75) is 5.03 Å². The average Bonchev–Trinajstić information content (AvgIpc) is 2.03. The van der Waals surface area contributed by atoms with Gasteiger partial charge in [0.2, 0.25) is 0 Å². The van der Waals surface area contributed by atoms with Gasteiger partial charge in [0, 0.05) is 0 Å². The molecule has 0 bridgehead atoms. The summed E-state index contributed by atoms with van der Waals surface area (Å²) in [6.07, 6.45) is 1.47. The van der Waals surface area contributed by atoms with E-state index in [1.165, 1.54) is 6.20 Å². The summed E-state index contributed by atoms with van der Waals surface area (Å²) in [4.78, 5) is 10.1.